The Hall–Kier alpha value is -2.61. The highest BCUT2D eigenvalue weighted by Gasteiger charge is 2.33. The normalized spacial score (nSPS) is 18.2. The molecule has 7 heteroatoms. The molecule has 0 saturated carbocycles. The van der Waals surface area contributed by atoms with Gasteiger partial charge in [0.1, 0.15) is 0 Å². The second-order valence-corrected chi connectivity index (χ2v) is 8.15. The van der Waals surface area contributed by atoms with Crippen LogP contribution >= 0.6 is 11.8 Å². The Morgan fingerprint density at radius 2 is 1.97 bits per heavy atom. The number of carbonyl (C=O) groups is 1. The first-order chi connectivity index (χ1) is 14.3. The lowest BCUT2D eigenvalue weighted by atomic mass is 10.0. The number of aromatic nitrogens is 2. The van der Waals surface area contributed by atoms with Gasteiger partial charge >= 0.3 is 0 Å². The van der Waals surface area contributed by atoms with Gasteiger partial charge in [0, 0.05) is 34.9 Å². The number of nitrogens with zero attached hydrogens (tertiary/aromatic N) is 3. The van der Waals surface area contributed by atoms with Gasteiger partial charge in [0.25, 0.3) is 5.91 Å². The van der Waals surface area contributed by atoms with Crippen molar-refractivity contribution in [3.05, 3.63) is 65.9 Å². The first-order valence-corrected chi connectivity index (χ1v) is 10.7. The number of aliphatic hydroxyl groups excluding tert-OH is 1. The van der Waals surface area contributed by atoms with Gasteiger partial charge in [-0.1, -0.05) is 36.4 Å². The third-order valence-corrected chi connectivity index (χ3v) is 6.43. The van der Waals surface area contributed by atoms with Crippen LogP contribution in [-0.2, 0) is 10.5 Å². The van der Waals surface area contributed by atoms with E-state index in [-0.39, 0.29) is 18.6 Å². The van der Waals surface area contributed by atoms with Gasteiger partial charge in [-0.2, -0.15) is 5.10 Å². The van der Waals surface area contributed by atoms with Gasteiger partial charge in [0.05, 0.1) is 30.7 Å². The molecule has 1 N–H and O–H groups in total. The Labute approximate surface area is 173 Å². The molecule has 0 spiro atoms. The van der Waals surface area contributed by atoms with E-state index in [9.17, 15) is 9.90 Å². The number of ether oxygens (including phenoxy) is 1. The number of aliphatic hydroxyl groups is 1. The third kappa shape index (κ3) is 3.25. The summed E-state index contributed by atoms with van der Waals surface area (Å²) in [5, 5.41) is 14.2. The second-order valence-electron chi connectivity index (χ2n) is 7.13. The molecule has 5 rings (SSSR count). The SMILES string of the molecule is O=C(c1nn(-c2ccccc2)c2c1CSc1ccccc1-2)N1CCOC(CO)C1. The molecule has 2 aliphatic heterocycles. The highest BCUT2D eigenvalue weighted by molar-refractivity contribution is 7.98. The summed E-state index contributed by atoms with van der Waals surface area (Å²) < 4.78 is 7.40. The van der Waals surface area contributed by atoms with Crippen molar-refractivity contribution < 1.29 is 14.6 Å². The van der Waals surface area contributed by atoms with Crippen molar-refractivity contribution in [2.45, 2.75) is 16.8 Å². The van der Waals surface area contributed by atoms with Crippen LogP contribution < -0.4 is 0 Å². The van der Waals surface area contributed by atoms with Crippen LogP contribution in [0, 0.1) is 0 Å². The van der Waals surface area contributed by atoms with Gasteiger partial charge in [-0.3, -0.25) is 4.79 Å². The van der Waals surface area contributed by atoms with E-state index in [0.717, 1.165) is 22.5 Å². The maximum absolute atomic E-state index is 13.4. The Kier molecular flexibility index (Phi) is 4.87. The van der Waals surface area contributed by atoms with Gasteiger partial charge in [-0.15, -0.1) is 11.8 Å². The molecule has 0 aliphatic carbocycles. The van der Waals surface area contributed by atoms with Crippen LogP contribution in [0.4, 0.5) is 0 Å². The molecule has 3 aromatic rings. The highest BCUT2D eigenvalue weighted by atomic mass is 32.2. The average molecular weight is 407 g/mol. The van der Waals surface area contributed by atoms with E-state index in [1.807, 2.05) is 47.1 Å². The topological polar surface area (TPSA) is 67.6 Å². The lowest BCUT2D eigenvalue weighted by molar-refractivity contribution is -0.0448. The number of morpholine rings is 1. The average Bonchev–Trinajstić information content (AvgIpc) is 3.19. The maximum Gasteiger partial charge on any atom is 0.274 e. The second kappa shape index (κ2) is 7.67. The largest absolute Gasteiger partial charge is 0.394 e. The van der Waals surface area contributed by atoms with Crippen LogP contribution in [-0.4, -0.2) is 58.1 Å². The zero-order valence-electron chi connectivity index (χ0n) is 15.8. The van der Waals surface area contributed by atoms with E-state index in [1.165, 1.54) is 4.90 Å². The van der Waals surface area contributed by atoms with E-state index in [1.54, 1.807) is 16.7 Å². The number of hydrogen-bond donors (Lipinski definition) is 1. The summed E-state index contributed by atoms with van der Waals surface area (Å²) in [6.07, 6.45) is -0.338. The molecule has 6 nitrogen and oxygen atoms in total. The molecule has 1 unspecified atom stereocenters. The fourth-order valence-electron chi connectivity index (χ4n) is 3.89. The Bertz CT molecular complexity index is 1050. The molecule has 29 heavy (non-hydrogen) atoms. The van der Waals surface area contributed by atoms with Crippen molar-refractivity contribution in [3.63, 3.8) is 0 Å². The quantitative estimate of drug-likeness (QED) is 0.723. The summed E-state index contributed by atoms with van der Waals surface area (Å²) in [6.45, 7) is 1.22. The summed E-state index contributed by atoms with van der Waals surface area (Å²) in [5.41, 5.74) is 4.48. The van der Waals surface area contributed by atoms with Crippen LogP contribution in [0.5, 0.6) is 0 Å². The molecule has 3 heterocycles. The Balaban J connectivity index is 1.63. The number of rotatable bonds is 3. The van der Waals surface area contributed by atoms with Gasteiger partial charge in [-0.25, -0.2) is 4.68 Å². The van der Waals surface area contributed by atoms with Crippen LogP contribution in [0.2, 0.25) is 0 Å². The molecule has 2 aliphatic rings. The van der Waals surface area contributed by atoms with Crippen LogP contribution in [0.25, 0.3) is 16.9 Å². The molecule has 1 aromatic heterocycles. The third-order valence-electron chi connectivity index (χ3n) is 5.33. The minimum absolute atomic E-state index is 0.0937. The minimum Gasteiger partial charge on any atom is -0.394 e. The van der Waals surface area contributed by atoms with Crippen LogP contribution in [0.1, 0.15) is 16.1 Å². The fourth-order valence-corrected chi connectivity index (χ4v) is 4.96. The molecule has 1 amide bonds. The number of thioether (sulfide) groups is 1. The molecule has 1 saturated heterocycles. The number of para-hydroxylation sites is 1. The van der Waals surface area contributed by atoms with Gasteiger partial charge in [0.15, 0.2) is 5.69 Å². The molecular formula is C22H21N3O3S. The lowest BCUT2D eigenvalue weighted by Crippen LogP contribution is -2.47. The summed E-state index contributed by atoms with van der Waals surface area (Å²) in [5.74, 6) is 0.603. The van der Waals surface area contributed by atoms with Gasteiger partial charge < -0.3 is 14.7 Å². The standard InChI is InChI=1S/C22H21N3O3S/c26-13-16-12-24(10-11-28-16)22(27)20-18-14-29-19-9-5-4-8-17(19)21(18)25(23-20)15-6-2-1-3-7-15/h1-9,16,26H,10-14H2. The summed E-state index contributed by atoms with van der Waals surface area (Å²) >= 11 is 1.73. The maximum atomic E-state index is 13.4. The monoisotopic (exact) mass is 407 g/mol. The smallest absolute Gasteiger partial charge is 0.274 e. The van der Waals surface area contributed by atoms with Crippen molar-refractivity contribution in [1.29, 1.82) is 0 Å². The highest BCUT2D eigenvalue weighted by Crippen LogP contribution is 2.43. The number of amides is 1. The van der Waals surface area contributed by atoms with Crippen molar-refractivity contribution in [2.24, 2.45) is 0 Å². The van der Waals surface area contributed by atoms with Crippen molar-refractivity contribution >= 4 is 17.7 Å². The molecule has 148 valence electrons. The predicted molar refractivity (Wildman–Crippen MR) is 111 cm³/mol. The van der Waals surface area contributed by atoms with Gasteiger partial charge in [0.2, 0.25) is 0 Å². The van der Waals surface area contributed by atoms with Crippen LogP contribution in [0.15, 0.2) is 59.5 Å². The Morgan fingerprint density at radius 3 is 2.79 bits per heavy atom. The minimum atomic E-state index is -0.338. The van der Waals surface area contributed by atoms with Crippen molar-refractivity contribution in [3.8, 4) is 16.9 Å². The molecule has 1 fully saturated rings. The number of carbonyl (C=O) groups excluding carboxylic acids is 1. The zero-order chi connectivity index (χ0) is 19.8. The fraction of sp³-hybridized carbons (Fsp3) is 0.273. The lowest BCUT2D eigenvalue weighted by Gasteiger charge is -2.31. The number of benzene rings is 2. The summed E-state index contributed by atoms with van der Waals surface area (Å²) in [7, 11) is 0. The van der Waals surface area contributed by atoms with E-state index in [0.29, 0.717) is 31.1 Å². The van der Waals surface area contributed by atoms with Crippen molar-refractivity contribution in [2.75, 3.05) is 26.3 Å². The number of hydrogen-bond acceptors (Lipinski definition) is 5. The summed E-state index contributed by atoms with van der Waals surface area (Å²) in [6, 6.07) is 18.2. The van der Waals surface area contributed by atoms with E-state index in [4.69, 9.17) is 9.84 Å². The van der Waals surface area contributed by atoms with E-state index in [2.05, 4.69) is 12.1 Å². The molecule has 0 bridgehead atoms. The predicted octanol–water partition coefficient (Wildman–Crippen LogP) is 2.98. The first kappa shape index (κ1) is 18.4. The molecule has 0 radical (unpaired) electrons. The molecule has 2 aromatic carbocycles. The van der Waals surface area contributed by atoms with E-state index >= 15 is 0 Å². The van der Waals surface area contributed by atoms with Gasteiger partial charge in [-0.05, 0) is 18.2 Å². The Morgan fingerprint density at radius 1 is 1.17 bits per heavy atom. The van der Waals surface area contributed by atoms with Crippen LogP contribution in [0.3, 0.4) is 0 Å². The molecule has 1 atom stereocenters. The first-order valence-electron chi connectivity index (χ1n) is 9.67. The zero-order valence-corrected chi connectivity index (χ0v) is 16.6. The van der Waals surface area contributed by atoms with E-state index < -0.39 is 0 Å². The summed E-state index contributed by atoms with van der Waals surface area (Å²) in [4.78, 5) is 16.3. The number of fused-ring (bicyclic) bond motifs is 3. The molecular weight excluding hydrogens is 386 g/mol. The van der Waals surface area contributed by atoms with Crippen molar-refractivity contribution in [1.82, 2.24) is 14.7 Å².